The summed E-state index contributed by atoms with van der Waals surface area (Å²) in [6, 6.07) is 0. The Balaban J connectivity index is 2.02. The summed E-state index contributed by atoms with van der Waals surface area (Å²) in [7, 11) is 0. The predicted molar refractivity (Wildman–Crippen MR) is 58.4 cm³/mol. The summed E-state index contributed by atoms with van der Waals surface area (Å²) in [5.74, 6) is 0. The third-order valence-corrected chi connectivity index (χ3v) is 2.96. The number of H-pyrrole nitrogens is 1. The Labute approximate surface area is 96.1 Å². The summed E-state index contributed by atoms with van der Waals surface area (Å²) in [5, 5.41) is 9.02. The van der Waals surface area contributed by atoms with E-state index in [2.05, 4.69) is 15.0 Å². The van der Waals surface area contributed by atoms with E-state index in [1.54, 1.807) is 10.9 Å². The first-order valence-corrected chi connectivity index (χ1v) is 5.46. The Morgan fingerprint density at radius 2 is 2.41 bits per heavy atom. The lowest BCUT2D eigenvalue weighted by atomic mass is 10.5. The third-order valence-electron chi connectivity index (χ3n) is 2.96. The molecule has 0 unspecified atom stereocenters. The molecule has 90 valence electrons. The summed E-state index contributed by atoms with van der Waals surface area (Å²) in [4.78, 5) is 22.1. The van der Waals surface area contributed by atoms with E-state index in [0.717, 1.165) is 12.8 Å². The molecule has 1 aliphatic rings. The maximum absolute atomic E-state index is 11.5. The van der Waals surface area contributed by atoms with Gasteiger partial charge in [0.15, 0.2) is 11.2 Å². The maximum atomic E-state index is 11.5. The van der Waals surface area contributed by atoms with Crippen molar-refractivity contribution in [2.24, 2.45) is 0 Å². The third kappa shape index (κ3) is 1.63. The van der Waals surface area contributed by atoms with Gasteiger partial charge < -0.3 is 14.8 Å². The zero-order valence-corrected chi connectivity index (χ0v) is 9.04. The van der Waals surface area contributed by atoms with Crippen LogP contribution in [0.1, 0.15) is 19.1 Å². The van der Waals surface area contributed by atoms with E-state index < -0.39 is 0 Å². The molecule has 1 saturated heterocycles. The van der Waals surface area contributed by atoms with E-state index in [4.69, 9.17) is 9.84 Å². The molecule has 0 aromatic carbocycles. The molecule has 7 heteroatoms. The number of aromatic amines is 1. The van der Waals surface area contributed by atoms with Crippen LogP contribution in [0.25, 0.3) is 11.2 Å². The van der Waals surface area contributed by atoms with Gasteiger partial charge in [-0.1, -0.05) is 0 Å². The summed E-state index contributed by atoms with van der Waals surface area (Å²) in [5.41, 5.74) is 0.561. The number of nitrogens with zero attached hydrogens (tertiary/aromatic N) is 3. The summed E-state index contributed by atoms with van der Waals surface area (Å²) >= 11 is 0. The second kappa shape index (κ2) is 3.94. The molecule has 2 aromatic heterocycles. The Bertz CT molecular complexity index is 590. The van der Waals surface area contributed by atoms with Gasteiger partial charge in [-0.2, -0.15) is 0 Å². The lowest BCUT2D eigenvalue weighted by Gasteiger charge is -2.13. The quantitative estimate of drug-likeness (QED) is 0.709. The maximum Gasteiger partial charge on any atom is 0.278 e. The summed E-state index contributed by atoms with van der Waals surface area (Å²) in [6.45, 7) is 0.0111. The zero-order valence-electron chi connectivity index (χ0n) is 9.04. The number of imidazole rings is 1. The molecular formula is C10H12N4O3. The van der Waals surface area contributed by atoms with E-state index in [1.807, 2.05) is 0 Å². The van der Waals surface area contributed by atoms with Gasteiger partial charge in [-0.05, 0) is 12.8 Å². The van der Waals surface area contributed by atoms with Gasteiger partial charge in [0.2, 0.25) is 0 Å². The highest BCUT2D eigenvalue weighted by molar-refractivity contribution is 5.68. The van der Waals surface area contributed by atoms with Gasteiger partial charge >= 0.3 is 0 Å². The van der Waals surface area contributed by atoms with E-state index in [-0.39, 0.29) is 24.5 Å². The molecular weight excluding hydrogens is 229 g/mol. The number of ether oxygens (including phenoxy) is 1. The Morgan fingerprint density at radius 1 is 1.53 bits per heavy atom. The number of aromatic nitrogens is 4. The van der Waals surface area contributed by atoms with Crippen molar-refractivity contribution >= 4 is 11.2 Å². The fourth-order valence-electron chi connectivity index (χ4n) is 2.10. The Morgan fingerprint density at radius 3 is 3.18 bits per heavy atom. The number of rotatable bonds is 2. The van der Waals surface area contributed by atoms with Crippen LogP contribution in [0.2, 0.25) is 0 Å². The number of aliphatic hydroxyl groups excluding tert-OH is 1. The molecule has 2 atom stereocenters. The summed E-state index contributed by atoms with van der Waals surface area (Å²) in [6.07, 6.45) is 4.14. The minimum atomic E-state index is -0.259. The first-order valence-electron chi connectivity index (χ1n) is 5.46. The monoisotopic (exact) mass is 241 g/mol. The van der Waals surface area contributed by atoms with E-state index in [0.29, 0.717) is 11.2 Å². The molecule has 0 spiro atoms. The molecule has 0 amide bonds. The molecule has 0 aliphatic carbocycles. The predicted octanol–water partition coefficient (Wildman–Crippen LogP) is -0.211. The number of fused-ring (bicyclic) bond motifs is 1. The van der Waals surface area contributed by atoms with Crippen molar-refractivity contribution in [2.75, 3.05) is 6.61 Å². The van der Waals surface area contributed by atoms with Crippen molar-refractivity contribution in [1.29, 1.82) is 0 Å². The molecule has 0 radical (unpaired) electrons. The average Bonchev–Trinajstić information content (AvgIpc) is 2.94. The number of hydrogen-bond acceptors (Lipinski definition) is 5. The standard InChI is InChI=1S/C10H12N4O3/c15-3-6-1-2-7(17-6)14-5-13-8-9(14)11-4-12-10(8)16/h4-7,15H,1-3H2,(H,11,12,16)/t6-,7+/m0/s1/i1+1,2+1,3+1,6+1,7+1. The van der Waals surface area contributed by atoms with Crippen molar-refractivity contribution in [1.82, 2.24) is 19.5 Å². The molecule has 2 N–H and O–H groups in total. The fourth-order valence-corrected chi connectivity index (χ4v) is 2.10. The second-order valence-corrected chi connectivity index (χ2v) is 4.03. The topological polar surface area (TPSA) is 93.0 Å². The van der Waals surface area contributed by atoms with Gasteiger partial charge in [-0.15, -0.1) is 0 Å². The van der Waals surface area contributed by atoms with Crippen LogP contribution in [-0.4, -0.2) is 37.3 Å². The molecule has 1 aliphatic heterocycles. The minimum absolute atomic E-state index is 0.0111. The Kier molecular flexibility index (Phi) is 2.41. The van der Waals surface area contributed by atoms with Gasteiger partial charge in [-0.3, -0.25) is 9.36 Å². The van der Waals surface area contributed by atoms with Crippen LogP contribution in [0, 0.1) is 0 Å². The van der Waals surface area contributed by atoms with Crippen LogP contribution >= 0.6 is 0 Å². The van der Waals surface area contributed by atoms with Gasteiger partial charge in [0.1, 0.15) is 6.23 Å². The van der Waals surface area contributed by atoms with E-state index in [9.17, 15) is 4.79 Å². The van der Waals surface area contributed by atoms with Gasteiger partial charge in [0.25, 0.3) is 5.56 Å². The van der Waals surface area contributed by atoms with Gasteiger partial charge in [-0.25, -0.2) is 9.97 Å². The molecule has 1 fully saturated rings. The van der Waals surface area contributed by atoms with Crippen molar-refractivity contribution in [3.8, 4) is 0 Å². The summed E-state index contributed by atoms with van der Waals surface area (Å²) < 4.78 is 7.36. The van der Waals surface area contributed by atoms with Crippen molar-refractivity contribution in [2.45, 2.75) is 25.2 Å². The molecule has 0 bridgehead atoms. The lowest BCUT2D eigenvalue weighted by Crippen LogP contribution is -2.14. The minimum Gasteiger partial charge on any atom is -0.394 e. The van der Waals surface area contributed by atoms with Crippen LogP contribution in [0.3, 0.4) is 0 Å². The largest absolute Gasteiger partial charge is 0.394 e. The van der Waals surface area contributed by atoms with Crippen LogP contribution in [0.5, 0.6) is 0 Å². The fraction of sp³-hybridized carbons (Fsp3) is 0.500. The van der Waals surface area contributed by atoms with Crippen LogP contribution in [0.4, 0.5) is 0 Å². The highest BCUT2D eigenvalue weighted by atomic mass is 16.7. The first-order chi connectivity index (χ1) is 8.29. The number of hydrogen-bond donors (Lipinski definition) is 2. The number of nitrogens with one attached hydrogen (secondary N) is 1. The average molecular weight is 241 g/mol. The molecule has 7 nitrogen and oxygen atoms in total. The van der Waals surface area contributed by atoms with Crippen LogP contribution < -0.4 is 5.56 Å². The molecule has 2 aromatic rings. The zero-order chi connectivity index (χ0) is 11.8. The number of aliphatic hydroxyl groups is 1. The van der Waals surface area contributed by atoms with E-state index in [1.165, 1.54) is 6.33 Å². The Hall–Kier alpha value is -1.73. The molecule has 17 heavy (non-hydrogen) atoms. The van der Waals surface area contributed by atoms with Gasteiger partial charge in [0, 0.05) is 0 Å². The molecule has 3 heterocycles. The highest BCUT2D eigenvalue weighted by Crippen LogP contribution is 2.29. The SMILES string of the molecule is O=c1[nH]cnc2c1ncn2[13C@H]1[13CH2][13CH2][13C@@H]([13CH2]O)O1. The first kappa shape index (κ1) is 10.4. The molecule has 3 rings (SSSR count). The molecule has 0 saturated carbocycles. The highest BCUT2D eigenvalue weighted by Gasteiger charge is 2.27. The van der Waals surface area contributed by atoms with Gasteiger partial charge in [0.05, 0.1) is 25.4 Å². The van der Waals surface area contributed by atoms with Crippen LogP contribution in [0.15, 0.2) is 17.4 Å². The smallest absolute Gasteiger partial charge is 0.278 e. The van der Waals surface area contributed by atoms with Crippen LogP contribution in [-0.2, 0) is 4.74 Å². The van der Waals surface area contributed by atoms with E-state index >= 15 is 0 Å². The lowest BCUT2D eigenvalue weighted by molar-refractivity contribution is -0.0207. The van der Waals surface area contributed by atoms with Crippen molar-refractivity contribution in [3.63, 3.8) is 0 Å². The second-order valence-electron chi connectivity index (χ2n) is 4.03. The van der Waals surface area contributed by atoms with Crippen molar-refractivity contribution < 1.29 is 9.84 Å². The van der Waals surface area contributed by atoms with Crippen molar-refractivity contribution in [3.05, 3.63) is 23.0 Å². The normalized spacial score (nSPS) is 24.5.